The first kappa shape index (κ1) is 20.7. The van der Waals surface area contributed by atoms with E-state index in [9.17, 15) is 19.2 Å². The van der Waals surface area contributed by atoms with Gasteiger partial charge in [-0.3, -0.25) is 14.9 Å². The molecule has 7 nitrogen and oxygen atoms in total. The summed E-state index contributed by atoms with van der Waals surface area (Å²) in [4.78, 5) is 47.2. The Hall–Kier alpha value is -2.35. The normalized spacial score (nSPS) is 12.2. The number of nitrogens with two attached hydrogens (primary N) is 1. The average Bonchev–Trinajstić information content (AvgIpc) is 2.51. The lowest BCUT2D eigenvalue weighted by Gasteiger charge is -2.17. The number of ketones is 1. The Morgan fingerprint density at radius 2 is 1.80 bits per heavy atom. The van der Waals surface area contributed by atoms with Gasteiger partial charge in [0.15, 0.2) is 12.4 Å². The molecule has 0 aromatic heterocycles. The van der Waals surface area contributed by atoms with Crippen LogP contribution in [0.3, 0.4) is 0 Å². The second-order valence-electron chi connectivity index (χ2n) is 6.36. The van der Waals surface area contributed by atoms with E-state index >= 15 is 0 Å². The fourth-order valence-corrected chi connectivity index (χ4v) is 2.61. The lowest BCUT2D eigenvalue weighted by Crippen LogP contribution is -2.39. The van der Waals surface area contributed by atoms with Gasteiger partial charge in [-0.25, -0.2) is 9.59 Å². The predicted octanol–water partition coefficient (Wildman–Crippen LogP) is 2.13. The molecule has 0 unspecified atom stereocenters. The summed E-state index contributed by atoms with van der Waals surface area (Å²) in [7, 11) is 0. The van der Waals surface area contributed by atoms with Gasteiger partial charge in [-0.2, -0.15) is 0 Å². The third-order valence-corrected chi connectivity index (χ3v) is 4.37. The number of nitrogens with one attached hydrogen (secondary N) is 1. The van der Waals surface area contributed by atoms with Crippen molar-refractivity contribution in [1.82, 2.24) is 5.32 Å². The summed E-state index contributed by atoms with van der Waals surface area (Å²) >= 11 is 1.08. The Balaban J connectivity index is 2.82. The Kier molecular flexibility index (Phi) is 7.17. The Bertz CT molecular complexity index is 682. The van der Waals surface area contributed by atoms with Crippen LogP contribution >= 0.6 is 11.8 Å². The zero-order valence-corrected chi connectivity index (χ0v) is 15.4. The molecular formula is C17H22N2O5S. The van der Waals surface area contributed by atoms with Crippen molar-refractivity contribution in [1.29, 1.82) is 0 Å². The smallest absolute Gasteiger partial charge is 0.339 e. The lowest BCUT2D eigenvalue weighted by molar-refractivity contribution is -0.129. The summed E-state index contributed by atoms with van der Waals surface area (Å²) in [6.07, 6.45) is 0. The Labute approximate surface area is 150 Å². The summed E-state index contributed by atoms with van der Waals surface area (Å²) in [6, 6.07) is 5.62. The molecule has 1 atom stereocenters. The molecule has 3 amide bonds. The number of benzene rings is 1. The molecule has 0 bridgehead atoms. The van der Waals surface area contributed by atoms with E-state index in [-0.39, 0.29) is 18.0 Å². The molecule has 1 aromatic carbocycles. The highest BCUT2D eigenvalue weighted by atomic mass is 32.2. The van der Waals surface area contributed by atoms with Crippen LogP contribution in [0.25, 0.3) is 0 Å². The minimum absolute atomic E-state index is 0.194. The molecule has 0 aliphatic carbocycles. The van der Waals surface area contributed by atoms with E-state index in [1.54, 1.807) is 52.0 Å². The summed E-state index contributed by atoms with van der Waals surface area (Å²) in [6.45, 7) is 6.48. The van der Waals surface area contributed by atoms with Gasteiger partial charge in [0.25, 0.3) is 0 Å². The van der Waals surface area contributed by atoms with Gasteiger partial charge < -0.3 is 10.5 Å². The minimum Gasteiger partial charge on any atom is -0.454 e. The van der Waals surface area contributed by atoms with Crippen molar-refractivity contribution in [3.8, 4) is 0 Å². The number of hydrogen-bond acceptors (Lipinski definition) is 6. The van der Waals surface area contributed by atoms with Crippen LogP contribution in [0, 0.1) is 5.41 Å². The van der Waals surface area contributed by atoms with Gasteiger partial charge in [0.2, 0.25) is 5.91 Å². The van der Waals surface area contributed by atoms with Crippen molar-refractivity contribution in [3.63, 3.8) is 0 Å². The second-order valence-corrected chi connectivity index (χ2v) is 7.74. The van der Waals surface area contributed by atoms with Crippen LogP contribution in [-0.2, 0) is 14.3 Å². The maximum Gasteiger partial charge on any atom is 0.339 e. The van der Waals surface area contributed by atoms with Crippen LogP contribution in [0.4, 0.5) is 4.79 Å². The summed E-state index contributed by atoms with van der Waals surface area (Å²) in [5, 5.41) is 1.33. The summed E-state index contributed by atoms with van der Waals surface area (Å²) in [5.74, 6) is -1.41. The van der Waals surface area contributed by atoms with Gasteiger partial charge in [0, 0.05) is 10.3 Å². The number of amides is 3. The molecule has 25 heavy (non-hydrogen) atoms. The summed E-state index contributed by atoms with van der Waals surface area (Å²) in [5.41, 5.74) is 4.56. The molecule has 0 aliphatic rings. The first-order valence-electron chi connectivity index (χ1n) is 7.58. The lowest BCUT2D eigenvalue weighted by atomic mass is 9.91. The second kappa shape index (κ2) is 8.66. The molecule has 0 heterocycles. The van der Waals surface area contributed by atoms with Crippen molar-refractivity contribution in [2.24, 2.45) is 11.1 Å². The molecule has 0 aliphatic heterocycles. The number of carbonyl (C=O) groups is 4. The number of hydrogen-bond donors (Lipinski definition) is 2. The van der Waals surface area contributed by atoms with Crippen LogP contribution < -0.4 is 11.1 Å². The van der Waals surface area contributed by atoms with Gasteiger partial charge in [-0.1, -0.05) is 32.9 Å². The van der Waals surface area contributed by atoms with E-state index in [1.807, 2.05) is 5.32 Å². The number of carbonyl (C=O) groups excluding carboxylic acids is 4. The van der Waals surface area contributed by atoms with E-state index in [1.165, 1.54) is 0 Å². The minimum atomic E-state index is -0.939. The Morgan fingerprint density at radius 3 is 2.36 bits per heavy atom. The Morgan fingerprint density at radius 1 is 1.20 bits per heavy atom. The van der Waals surface area contributed by atoms with Gasteiger partial charge in [-0.05, 0) is 19.1 Å². The van der Waals surface area contributed by atoms with Crippen LogP contribution in [-0.4, -0.2) is 35.5 Å². The zero-order chi connectivity index (χ0) is 19.2. The molecule has 0 spiro atoms. The largest absolute Gasteiger partial charge is 0.454 e. The fourth-order valence-electron chi connectivity index (χ4n) is 1.63. The highest BCUT2D eigenvalue weighted by Crippen LogP contribution is 2.27. The predicted molar refractivity (Wildman–Crippen MR) is 94.2 cm³/mol. The highest BCUT2D eigenvalue weighted by Gasteiger charge is 2.24. The van der Waals surface area contributed by atoms with Gasteiger partial charge in [0.05, 0.1) is 10.8 Å². The van der Waals surface area contributed by atoms with Gasteiger partial charge >= 0.3 is 12.0 Å². The maximum atomic E-state index is 12.3. The van der Waals surface area contributed by atoms with Crippen LogP contribution in [0.15, 0.2) is 29.2 Å². The standard InChI is InChI=1S/C17H22N2O5S/c1-10(14(21)19-16(18)23)25-12-8-6-5-7-11(12)15(22)24-9-13(20)17(2,3)4/h5-8,10H,9H2,1-4H3,(H3,18,19,21,23)/t10-/m1/s1. The van der Waals surface area contributed by atoms with Gasteiger partial charge in [0.1, 0.15) is 0 Å². The molecule has 3 N–H and O–H groups in total. The highest BCUT2D eigenvalue weighted by molar-refractivity contribution is 8.00. The van der Waals surface area contributed by atoms with E-state index in [4.69, 9.17) is 10.5 Å². The molecule has 0 saturated carbocycles. The molecule has 0 saturated heterocycles. The number of imide groups is 1. The van der Waals surface area contributed by atoms with E-state index in [2.05, 4.69) is 0 Å². The van der Waals surface area contributed by atoms with Crippen molar-refractivity contribution in [2.75, 3.05) is 6.61 Å². The molecule has 0 fully saturated rings. The number of ether oxygens (including phenoxy) is 1. The van der Waals surface area contributed by atoms with Crippen molar-refractivity contribution in [3.05, 3.63) is 29.8 Å². The third kappa shape index (κ3) is 6.58. The molecular weight excluding hydrogens is 344 g/mol. The van der Waals surface area contributed by atoms with E-state index < -0.39 is 28.6 Å². The molecule has 0 radical (unpaired) electrons. The van der Waals surface area contributed by atoms with Crippen molar-refractivity contribution in [2.45, 2.75) is 37.8 Å². The number of thioether (sulfide) groups is 1. The number of esters is 1. The number of urea groups is 1. The van der Waals surface area contributed by atoms with E-state index in [0.717, 1.165) is 11.8 Å². The topological polar surface area (TPSA) is 116 Å². The van der Waals surface area contributed by atoms with E-state index in [0.29, 0.717) is 4.90 Å². The first-order valence-corrected chi connectivity index (χ1v) is 8.46. The average molecular weight is 366 g/mol. The van der Waals surface area contributed by atoms with Crippen LogP contribution in [0.5, 0.6) is 0 Å². The SMILES string of the molecule is C[C@@H](Sc1ccccc1C(=O)OCC(=O)C(C)(C)C)C(=O)NC(N)=O. The first-order chi connectivity index (χ1) is 11.5. The van der Waals surface area contributed by atoms with Gasteiger partial charge in [-0.15, -0.1) is 11.8 Å². The molecule has 8 heteroatoms. The van der Waals surface area contributed by atoms with Crippen molar-refractivity contribution < 1.29 is 23.9 Å². The number of rotatable bonds is 6. The quantitative estimate of drug-likeness (QED) is 0.589. The number of primary amides is 1. The summed E-state index contributed by atoms with van der Waals surface area (Å²) < 4.78 is 5.09. The molecule has 136 valence electrons. The van der Waals surface area contributed by atoms with Crippen LogP contribution in [0.2, 0.25) is 0 Å². The molecule has 1 rings (SSSR count). The fraction of sp³-hybridized carbons (Fsp3) is 0.412. The zero-order valence-electron chi connectivity index (χ0n) is 14.6. The monoisotopic (exact) mass is 366 g/mol. The molecule has 1 aromatic rings. The van der Waals surface area contributed by atoms with Crippen LogP contribution in [0.1, 0.15) is 38.1 Å². The maximum absolute atomic E-state index is 12.3. The van der Waals surface area contributed by atoms with Crippen molar-refractivity contribution >= 4 is 35.5 Å². The third-order valence-electron chi connectivity index (χ3n) is 3.20. The number of Topliss-reactive ketones (excluding diaryl/α,β-unsaturated/α-hetero) is 1.